The van der Waals surface area contributed by atoms with Crippen LogP contribution in [0, 0.1) is 0 Å². The van der Waals surface area contributed by atoms with Gasteiger partial charge in [-0.2, -0.15) is 0 Å². The van der Waals surface area contributed by atoms with Crippen LogP contribution in [0.15, 0.2) is 124 Å². The zero-order valence-corrected chi connectivity index (χ0v) is 19.0. The molecule has 0 amide bonds. The van der Waals surface area contributed by atoms with E-state index in [9.17, 15) is 0 Å². The molecule has 0 N–H and O–H groups in total. The lowest BCUT2D eigenvalue weighted by Gasteiger charge is -2.20. The van der Waals surface area contributed by atoms with Crippen LogP contribution in [0.2, 0.25) is 0 Å². The fraction of sp³-hybridized carbons (Fsp3) is 0. The van der Waals surface area contributed by atoms with E-state index in [0.717, 1.165) is 59.8 Å². The first-order chi connectivity index (χ1) is 16.7. The van der Waals surface area contributed by atoms with Crippen molar-refractivity contribution in [3.05, 3.63) is 115 Å². The molecule has 2 heterocycles. The maximum absolute atomic E-state index is 15.1. The van der Waals surface area contributed by atoms with Gasteiger partial charge < -0.3 is 13.4 Å². The molecule has 0 aliphatic heterocycles. The van der Waals surface area contributed by atoms with Crippen LogP contribution in [-0.2, 0) is 4.57 Å². The van der Waals surface area contributed by atoms with Gasteiger partial charge in [-0.25, -0.2) is 0 Å². The third kappa shape index (κ3) is 2.74. The molecule has 0 saturated heterocycles. The number of para-hydroxylation sites is 2. The van der Waals surface area contributed by atoms with Gasteiger partial charge in [-0.15, -0.1) is 0 Å². The first kappa shape index (κ1) is 19.4. The van der Waals surface area contributed by atoms with E-state index in [1.54, 1.807) is 0 Å². The summed E-state index contributed by atoms with van der Waals surface area (Å²) in [5, 5.41) is 6.41. The number of hydrogen-bond donors (Lipinski definition) is 0. The molecule has 0 aliphatic carbocycles. The van der Waals surface area contributed by atoms with E-state index in [2.05, 4.69) is 0 Å². The molecule has 0 saturated carbocycles. The average Bonchev–Trinajstić information content (AvgIpc) is 3.46. The zero-order valence-electron chi connectivity index (χ0n) is 18.1. The van der Waals surface area contributed by atoms with E-state index in [-0.39, 0.29) is 0 Å². The highest BCUT2D eigenvalue weighted by molar-refractivity contribution is 7.85. The van der Waals surface area contributed by atoms with Crippen LogP contribution < -0.4 is 15.9 Å². The molecule has 0 fully saturated rings. The monoisotopic (exact) mass is 458 g/mol. The topological polar surface area (TPSA) is 43.4 Å². The third-order valence-electron chi connectivity index (χ3n) is 6.57. The molecule has 5 aromatic carbocycles. The summed E-state index contributed by atoms with van der Waals surface area (Å²) in [6, 6.07) is 37.5. The molecule has 0 aliphatic rings. The Morgan fingerprint density at radius 3 is 1.38 bits per heavy atom. The third-order valence-corrected chi connectivity index (χ3v) is 9.61. The van der Waals surface area contributed by atoms with Gasteiger partial charge in [0.2, 0.25) is 0 Å². The Morgan fingerprint density at radius 1 is 0.412 bits per heavy atom. The molecule has 0 unspecified atom stereocenters. The Labute approximate surface area is 195 Å². The molecule has 0 atom stereocenters. The second kappa shape index (κ2) is 7.21. The fourth-order valence-electron chi connectivity index (χ4n) is 4.91. The van der Waals surface area contributed by atoms with Crippen molar-refractivity contribution in [2.24, 2.45) is 0 Å². The quantitative estimate of drug-likeness (QED) is 0.265. The Morgan fingerprint density at radius 2 is 0.853 bits per heavy atom. The van der Waals surface area contributed by atoms with Crippen molar-refractivity contribution in [3.8, 4) is 0 Å². The molecule has 0 spiro atoms. The number of rotatable bonds is 3. The standard InChI is InChI=1S/C30H19O3P/c31-34(20-8-2-1-3-9-20,21-14-16-25-23-10-4-6-12-27(23)32-29(25)18-21)22-15-17-26-24-11-5-7-13-28(24)33-30(26)19-22/h1-19H. The van der Waals surface area contributed by atoms with Gasteiger partial charge in [-0.05, 0) is 48.5 Å². The molecular weight excluding hydrogens is 439 g/mol. The maximum Gasteiger partial charge on any atom is 0.171 e. The van der Waals surface area contributed by atoms with Gasteiger partial charge in [0.1, 0.15) is 22.3 Å². The molecule has 7 rings (SSSR count). The van der Waals surface area contributed by atoms with Crippen LogP contribution in [0.1, 0.15) is 0 Å². The summed E-state index contributed by atoms with van der Waals surface area (Å²) in [5.41, 5.74) is 3.13. The van der Waals surface area contributed by atoms with Gasteiger partial charge in [0.15, 0.2) is 7.14 Å². The first-order valence-electron chi connectivity index (χ1n) is 11.2. The Balaban J connectivity index is 1.50. The van der Waals surface area contributed by atoms with E-state index in [4.69, 9.17) is 8.83 Å². The molecule has 2 aromatic heterocycles. The largest absolute Gasteiger partial charge is 0.456 e. The van der Waals surface area contributed by atoms with Crippen molar-refractivity contribution in [2.75, 3.05) is 0 Å². The smallest absolute Gasteiger partial charge is 0.171 e. The van der Waals surface area contributed by atoms with Crippen LogP contribution in [0.25, 0.3) is 43.9 Å². The highest BCUT2D eigenvalue weighted by Crippen LogP contribution is 2.44. The van der Waals surface area contributed by atoms with Crippen molar-refractivity contribution in [2.45, 2.75) is 0 Å². The summed E-state index contributed by atoms with van der Waals surface area (Å²) in [6.45, 7) is 0. The Kier molecular flexibility index (Phi) is 4.12. The molecule has 4 heteroatoms. The van der Waals surface area contributed by atoms with Crippen molar-refractivity contribution in [3.63, 3.8) is 0 Å². The highest BCUT2D eigenvalue weighted by Gasteiger charge is 2.31. The summed E-state index contributed by atoms with van der Waals surface area (Å²) in [4.78, 5) is 0. The number of furan rings is 2. The van der Waals surface area contributed by atoms with Crippen LogP contribution >= 0.6 is 7.14 Å². The van der Waals surface area contributed by atoms with Crippen molar-refractivity contribution in [1.82, 2.24) is 0 Å². The van der Waals surface area contributed by atoms with Crippen LogP contribution in [-0.4, -0.2) is 0 Å². The average molecular weight is 458 g/mol. The predicted octanol–water partition coefficient (Wildman–Crippen LogP) is 7.12. The SMILES string of the molecule is O=P(c1ccccc1)(c1ccc2c(c1)oc1ccccc12)c1ccc2c(c1)oc1ccccc12. The normalized spacial score (nSPS) is 12.2. The first-order valence-corrected chi connectivity index (χ1v) is 12.9. The molecule has 0 radical (unpaired) electrons. The second-order valence-corrected chi connectivity index (χ2v) is 11.3. The molecule has 162 valence electrons. The van der Waals surface area contributed by atoms with Crippen molar-refractivity contribution < 1.29 is 13.4 Å². The number of hydrogen-bond acceptors (Lipinski definition) is 3. The van der Waals surface area contributed by atoms with E-state index >= 15 is 4.57 Å². The Bertz CT molecular complexity index is 1780. The van der Waals surface area contributed by atoms with E-state index in [1.165, 1.54) is 0 Å². The van der Waals surface area contributed by atoms with Crippen LogP contribution in [0.3, 0.4) is 0 Å². The maximum atomic E-state index is 15.1. The summed E-state index contributed by atoms with van der Waals surface area (Å²) in [5.74, 6) is 0. The summed E-state index contributed by atoms with van der Waals surface area (Å²) < 4.78 is 27.3. The van der Waals surface area contributed by atoms with Gasteiger partial charge in [0.25, 0.3) is 0 Å². The lowest BCUT2D eigenvalue weighted by Crippen LogP contribution is -2.24. The minimum Gasteiger partial charge on any atom is -0.456 e. The summed E-state index contributed by atoms with van der Waals surface area (Å²) in [6.07, 6.45) is 0. The summed E-state index contributed by atoms with van der Waals surface area (Å²) >= 11 is 0. The minimum absolute atomic E-state index is 0.736. The van der Waals surface area contributed by atoms with Gasteiger partial charge in [0, 0.05) is 37.5 Å². The van der Waals surface area contributed by atoms with Gasteiger partial charge in [0.05, 0.1) is 0 Å². The Hall–Kier alpha value is -4.07. The molecule has 34 heavy (non-hydrogen) atoms. The van der Waals surface area contributed by atoms with Crippen molar-refractivity contribution >= 4 is 66.9 Å². The highest BCUT2D eigenvalue weighted by atomic mass is 31.2. The number of fused-ring (bicyclic) bond motifs is 6. The lowest BCUT2D eigenvalue weighted by molar-refractivity contribution is 0.592. The minimum atomic E-state index is -3.19. The van der Waals surface area contributed by atoms with Crippen LogP contribution in [0.5, 0.6) is 0 Å². The second-order valence-electron chi connectivity index (χ2n) is 8.50. The van der Waals surface area contributed by atoms with Crippen molar-refractivity contribution in [1.29, 1.82) is 0 Å². The molecular formula is C30H19O3P. The molecule has 0 bridgehead atoms. The summed E-state index contributed by atoms with van der Waals surface area (Å²) in [7, 11) is -3.19. The molecule has 7 aromatic rings. The fourth-order valence-corrected chi connectivity index (χ4v) is 7.56. The van der Waals surface area contributed by atoms with Gasteiger partial charge in [-0.3, -0.25) is 0 Å². The van der Waals surface area contributed by atoms with E-state index in [0.29, 0.717) is 0 Å². The van der Waals surface area contributed by atoms with E-state index in [1.807, 2.05) is 115 Å². The van der Waals surface area contributed by atoms with Gasteiger partial charge in [-0.1, -0.05) is 66.7 Å². The van der Waals surface area contributed by atoms with Crippen LogP contribution in [0.4, 0.5) is 0 Å². The van der Waals surface area contributed by atoms with E-state index < -0.39 is 7.14 Å². The van der Waals surface area contributed by atoms with Gasteiger partial charge >= 0.3 is 0 Å². The predicted molar refractivity (Wildman–Crippen MR) is 140 cm³/mol. The molecule has 3 nitrogen and oxygen atoms in total. The zero-order chi connectivity index (χ0) is 22.7. The number of benzene rings is 5. The lowest BCUT2D eigenvalue weighted by atomic mass is 10.1.